The van der Waals surface area contributed by atoms with Crippen molar-refractivity contribution >= 4 is 17.2 Å². The molecule has 126 valence electrons. The van der Waals surface area contributed by atoms with Gasteiger partial charge in [0.1, 0.15) is 6.10 Å². The second-order valence-corrected chi connectivity index (χ2v) is 7.64. The highest BCUT2D eigenvalue weighted by atomic mass is 32.1. The molecule has 1 spiro atoms. The number of thiophene rings is 1. The van der Waals surface area contributed by atoms with Gasteiger partial charge in [0, 0.05) is 19.6 Å². The normalized spacial score (nSPS) is 27.8. The van der Waals surface area contributed by atoms with Crippen LogP contribution >= 0.6 is 11.3 Å². The van der Waals surface area contributed by atoms with Gasteiger partial charge in [0.05, 0.1) is 18.8 Å². The Hall–Kier alpha value is -0.950. The Kier molecular flexibility index (Phi) is 4.41. The maximum atomic E-state index is 12.4. The molecule has 1 unspecified atom stereocenters. The smallest absolute Gasteiger partial charge is 0.275 e. The van der Waals surface area contributed by atoms with E-state index in [2.05, 4.69) is 21.7 Å². The quantitative estimate of drug-likeness (QED) is 0.850. The summed E-state index contributed by atoms with van der Waals surface area (Å²) in [6.07, 6.45) is 4.54. The number of nitrogens with zero attached hydrogens (tertiary/aromatic N) is 2. The van der Waals surface area contributed by atoms with Crippen LogP contribution in [-0.4, -0.2) is 53.8 Å². The largest absolute Gasteiger partial charge is 0.362 e. The van der Waals surface area contributed by atoms with Crippen LogP contribution in [0.4, 0.5) is 0 Å². The molecule has 3 aliphatic heterocycles. The summed E-state index contributed by atoms with van der Waals surface area (Å²) in [5, 5.41) is 5.87. The van der Waals surface area contributed by atoms with Gasteiger partial charge >= 0.3 is 0 Å². The highest BCUT2D eigenvalue weighted by Crippen LogP contribution is 2.39. The van der Waals surface area contributed by atoms with Gasteiger partial charge in [-0.2, -0.15) is 11.3 Å². The van der Waals surface area contributed by atoms with Crippen LogP contribution in [0.5, 0.6) is 0 Å². The van der Waals surface area contributed by atoms with Crippen molar-refractivity contribution in [2.75, 3.05) is 26.2 Å². The fraction of sp³-hybridized carbons (Fsp3) is 0.706. The molecular formula is C17H24N2O3S. The molecule has 0 aromatic carbocycles. The molecule has 0 aliphatic carbocycles. The van der Waals surface area contributed by atoms with Crippen LogP contribution in [0.3, 0.4) is 0 Å². The first-order chi connectivity index (χ1) is 11.2. The van der Waals surface area contributed by atoms with Crippen LogP contribution in [0.25, 0.3) is 0 Å². The number of amides is 1. The van der Waals surface area contributed by atoms with Crippen molar-refractivity contribution in [1.82, 2.24) is 9.96 Å². The van der Waals surface area contributed by atoms with Crippen LogP contribution in [-0.2, 0) is 20.9 Å². The van der Waals surface area contributed by atoms with Gasteiger partial charge in [-0.3, -0.25) is 14.5 Å². The molecule has 3 aliphatic rings. The number of ether oxygens (including phenoxy) is 1. The van der Waals surface area contributed by atoms with E-state index in [-0.39, 0.29) is 17.6 Å². The number of piperidine rings is 1. The van der Waals surface area contributed by atoms with E-state index in [1.807, 2.05) is 0 Å². The fourth-order valence-corrected chi connectivity index (χ4v) is 4.56. The monoisotopic (exact) mass is 336 g/mol. The van der Waals surface area contributed by atoms with E-state index in [0.29, 0.717) is 13.2 Å². The van der Waals surface area contributed by atoms with E-state index in [1.165, 1.54) is 10.6 Å². The molecule has 23 heavy (non-hydrogen) atoms. The highest BCUT2D eigenvalue weighted by Gasteiger charge is 2.46. The molecule has 4 heterocycles. The zero-order valence-electron chi connectivity index (χ0n) is 13.4. The van der Waals surface area contributed by atoms with Gasteiger partial charge in [0.25, 0.3) is 5.91 Å². The Morgan fingerprint density at radius 2 is 2.17 bits per heavy atom. The summed E-state index contributed by atoms with van der Waals surface area (Å²) >= 11 is 1.76. The average Bonchev–Trinajstić information content (AvgIpc) is 3.31. The molecular weight excluding hydrogens is 312 g/mol. The number of hydroxylamine groups is 2. The molecule has 1 aromatic rings. The van der Waals surface area contributed by atoms with Gasteiger partial charge in [-0.1, -0.05) is 0 Å². The second-order valence-electron chi connectivity index (χ2n) is 6.86. The van der Waals surface area contributed by atoms with Gasteiger partial charge in [0.15, 0.2) is 0 Å². The van der Waals surface area contributed by atoms with Gasteiger partial charge in [-0.05, 0) is 54.5 Å². The first-order valence-electron chi connectivity index (χ1n) is 8.60. The van der Waals surface area contributed by atoms with Crippen molar-refractivity contribution in [2.24, 2.45) is 0 Å². The topological polar surface area (TPSA) is 42.0 Å². The van der Waals surface area contributed by atoms with Crippen molar-refractivity contribution < 1.29 is 14.4 Å². The number of carbonyl (C=O) groups excluding carboxylic acids is 1. The minimum absolute atomic E-state index is 0.0278. The molecule has 3 fully saturated rings. The lowest BCUT2D eigenvalue weighted by molar-refractivity contribution is -0.185. The Balaban J connectivity index is 1.30. The summed E-state index contributed by atoms with van der Waals surface area (Å²) in [7, 11) is 0. The third-order valence-corrected chi connectivity index (χ3v) is 6.01. The molecule has 6 heteroatoms. The summed E-state index contributed by atoms with van der Waals surface area (Å²) in [5.41, 5.74) is 1.32. The summed E-state index contributed by atoms with van der Waals surface area (Å²) < 4.78 is 6.25. The zero-order chi connectivity index (χ0) is 15.7. The van der Waals surface area contributed by atoms with E-state index in [0.717, 1.165) is 51.7 Å². The summed E-state index contributed by atoms with van der Waals surface area (Å²) in [5.74, 6) is 0.0278. The molecule has 0 radical (unpaired) electrons. The Bertz CT molecular complexity index is 534. The van der Waals surface area contributed by atoms with E-state index in [4.69, 9.17) is 9.57 Å². The van der Waals surface area contributed by atoms with Crippen LogP contribution in [0.2, 0.25) is 0 Å². The predicted octanol–water partition coefficient (Wildman–Crippen LogP) is 2.43. The third-order valence-electron chi connectivity index (χ3n) is 5.28. The maximum absolute atomic E-state index is 12.4. The first-order valence-corrected chi connectivity index (χ1v) is 9.54. The third kappa shape index (κ3) is 3.31. The number of hydrogen-bond acceptors (Lipinski definition) is 5. The SMILES string of the molecule is O=C(C1CCC2(CCN(Cc3ccsc3)CC2)O1)N1CCCO1. The van der Waals surface area contributed by atoms with Crippen LogP contribution in [0.1, 0.15) is 37.7 Å². The molecule has 1 atom stereocenters. The molecule has 4 rings (SSSR count). The molecule has 1 amide bonds. The second kappa shape index (κ2) is 6.51. The molecule has 0 saturated carbocycles. The van der Waals surface area contributed by atoms with Gasteiger partial charge in [-0.25, -0.2) is 5.06 Å². The van der Waals surface area contributed by atoms with Gasteiger partial charge in [0.2, 0.25) is 0 Å². The van der Waals surface area contributed by atoms with Crippen molar-refractivity contribution in [3.05, 3.63) is 22.4 Å². The van der Waals surface area contributed by atoms with Crippen molar-refractivity contribution in [3.8, 4) is 0 Å². The molecule has 3 saturated heterocycles. The van der Waals surface area contributed by atoms with Gasteiger partial charge < -0.3 is 4.74 Å². The van der Waals surface area contributed by atoms with E-state index >= 15 is 0 Å². The maximum Gasteiger partial charge on any atom is 0.275 e. The minimum atomic E-state index is -0.295. The van der Waals surface area contributed by atoms with Crippen molar-refractivity contribution in [3.63, 3.8) is 0 Å². The Morgan fingerprint density at radius 3 is 2.87 bits per heavy atom. The highest BCUT2D eigenvalue weighted by molar-refractivity contribution is 7.07. The lowest BCUT2D eigenvalue weighted by Gasteiger charge is -2.39. The summed E-state index contributed by atoms with van der Waals surface area (Å²) in [4.78, 5) is 20.3. The Morgan fingerprint density at radius 1 is 1.30 bits per heavy atom. The minimum Gasteiger partial charge on any atom is -0.362 e. The zero-order valence-corrected chi connectivity index (χ0v) is 14.2. The predicted molar refractivity (Wildman–Crippen MR) is 88.0 cm³/mol. The lowest BCUT2D eigenvalue weighted by Crippen LogP contribution is -2.45. The van der Waals surface area contributed by atoms with Crippen LogP contribution < -0.4 is 0 Å². The number of likely N-dealkylation sites (tertiary alicyclic amines) is 1. The van der Waals surface area contributed by atoms with E-state index in [1.54, 1.807) is 11.3 Å². The van der Waals surface area contributed by atoms with E-state index < -0.39 is 0 Å². The number of rotatable bonds is 3. The van der Waals surface area contributed by atoms with Gasteiger partial charge in [-0.15, -0.1) is 0 Å². The fourth-order valence-electron chi connectivity index (χ4n) is 3.90. The standard InChI is InChI=1S/C17H24N2O3S/c20-16(19-7-1-10-21-19)15-2-4-17(22-15)5-8-18(9-6-17)12-14-3-11-23-13-14/h3,11,13,15H,1-2,4-10,12H2. The van der Waals surface area contributed by atoms with Crippen LogP contribution in [0, 0.1) is 0 Å². The summed E-state index contributed by atoms with van der Waals surface area (Å²) in [6, 6.07) is 2.20. The van der Waals surface area contributed by atoms with Crippen molar-refractivity contribution in [1.29, 1.82) is 0 Å². The first kappa shape index (κ1) is 15.6. The number of carbonyl (C=O) groups is 1. The Labute approximate surface area is 141 Å². The summed E-state index contributed by atoms with van der Waals surface area (Å²) in [6.45, 7) is 4.50. The molecule has 0 N–H and O–H groups in total. The van der Waals surface area contributed by atoms with Crippen LogP contribution in [0.15, 0.2) is 16.8 Å². The average molecular weight is 336 g/mol. The van der Waals surface area contributed by atoms with Crippen molar-refractivity contribution in [2.45, 2.75) is 50.4 Å². The molecule has 1 aromatic heterocycles. The molecule has 0 bridgehead atoms. The lowest BCUT2D eigenvalue weighted by atomic mass is 9.88. The number of hydrogen-bond donors (Lipinski definition) is 0. The molecule has 5 nitrogen and oxygen atoms in total. The van der Waals surface area contributed by atoms with E-state index in [9.17, 15) is 4.79 Å².